The Kier molecular flexibility index (Phi) is 3.78. The fourth-order valence-electron chi connectivity index (χ4n) is 1.69. The van der Waals surface area contributed by atoms with Crippen molar-refractivity contribution in [3.63, 3.8) is 0 Å². The molecule has 0 aliphatic rings. The summed E-state index contributed by atoms with van der Waals surface area (Å²) < 4.78 is 53.3. The highest BCUT2D eigenvalue weighted by Gasteiger charge is 2.23. The van der Waals surface area contributed by atoms with Crippen molar-refractivity contribution in [3.8, 4) is 0 Å². The van der Waals surface area contributed by atoms with Gasteiger partial charge in [-0.15, -0.1) is 0 Å². The zero-order chi connectivity index (χ0) is 14.2. The average molecular weight is 291 g/mol. The van der Waals surface area contributed by atoms with Crippen molar-refractivity contribution >= 4 is 11.6 Å². The van der Waals surface area contributed by atoms with Crippen molar-refractivity contribution in [1.82, 2.24) is 0 Å². The molecule has 1 atom stereocenters. The number of aliphatic hydroxyl groups excluding tert-OH is 1. The summed E-state index contributed by atoms with van der Waals surface area (Å²) in [7, 11) is 0. The second-order valence-electron chi connectivity index (χ2n) is 3.85. The SMILES string of the molecule is OC(c1ccc(Cl)cc1F)c1c(F)cc(F)cc1F. The third kappa shape index (κ3) is 2.72. The van der Waals surface area contributed by atoms with Gasteiger partial charge >= 0.3 is 0 Å². The van der Waals surface area contributed by atoms with Gasteiger partial charge in [0.05, 0.1) is 5.56 Å². The number of hydrogen-bond donors (Lipinski definition) is 1. The molecule has 2 aromatic carbocycles. The molecule has 0 saturated carbocycles. The minimum atomic E-state index is -1.89. The Labute approximate surface area is 111 Å². The minimum Gasteiger partial charge on any atom is -0.383 e. The smallest absolute Gasteiger partial charge is 0.135 e. The van der Waals surface area contributed by atoms with Crippen LogP contribution < -0.4 is 0 Å². The molecule has 1 unspecified atom stereocenters. The number of hydrogen-bond acceptors (Lipinski definition) is 1. The third-order valence-corrected chi connectivity index (χ3v) is 2.81. The van der Waals surface area contributed by atoms with Crippen molar-refractivity contribution in [2.24, 2.45) is 0 Å². The van der Waals surface area contributed by atoms with Gasteiger partial charge in [-0.1, -0.05) is 17.7 Å². The normalized spacial score (nSPS) is 12.5. The van der Waals surface area contributed by atoms with E-state index in [0.29, 0.717) is 12.1 Å². The van der Waals surface area contributed by atoms with E-state index in [1.54, 1.807) is 0 Å². The molecule has 1 N–H and O–H groups in total. The van der Waals surface area contributed by atoms with Gasteiger partial charge in [-0.25, -0.2) is 17.6 Å². The van der Waals surface area contributed by atoms with E-state index in [4.69, 9.17) is 11.6 Å². The highest BCUT2D eigenvalue weighted by molar-refractivity contribution is 6.30. The number of rotatable bonds is 2. The molecule has 1 nitrogen and oxygen atoms in total. The van der Waals surface area contributed by atoms with Crippen LogP contribution in [0.3, 0.4) is 0 Å². The van der Waals surface area contributed by atoms with Crippen molar-refractivity contribution in [2.75, 3.05) is 0 Å². The first-order valence-electron chi connectivity index (χ1n) is 5.17. The molecule has 0 aromatic heterocycles. The molecule has 0 radical (unpaired) electrons. The van der Waals surface area contributed by atoms with Crippen molar-refractivity contribution in [2.45, 2.75) is 6.10 Å². The first-order chi connectivity index (χ1) is 8.90. The van der Waals surface area contributed by atoms with E-state index in [2.05, 4.69) is 0 Å². The third-order valence-electron chi connectivity index (χ3n) is 2.57. The molecule has 0 bridgehead atoms. The van der Waals surface area contributed by atoms with Crippen LogP contribution in [0.25, 0.3) is 0 Å². The maximum Gasteiger partial charge on any atom is 0.135 e. The first kappa shape index (κ1) is 13.8. The molecule has 0 aliphatic heterocycles. The van der Waals surface area contributed by atoms with Crippen molar-refractivity contribution < 1.29 is 22.7 Å². The molecule has 0 saturated heterocycles. The van der Waals surface area contributed by atoms with Gasteiger partial charge in [0.2, 0.25) is 0 Å². The molecule has 2 rings (SSSR count). The monoisotopic (exact) mass is 290 g/mol. The maximum atomic E-state index is 13.6. The van der Waals surface area contributed by atoms with E-state index >= 15 is 0 Å². The van der Waals surface area contributed by atoms with E-state index in [9.17, 15) is 22.7 Å². The van der Waals surface area contributed by atoms with Gasteiger partial charge in [0.15, 0.2) is 0 Å². The quantitative estimate of drug-likeness (QED) is 0.830. The molecule has 6 heteroatoms. The van der Waals surface area contributed by atoms with Crippen LogP contribution in [-0.2, 0) is 0 Å². The summed E-state index contributed by atoms with van der Waals surface area (Å²) in [5.41, 5.74) is -1.17. The second-order valence-corrected chi connectivity index (χ2v) is 4.29. The lowest BCUT2D eigenvalue weighted by molar-refractivity contribution is 0.203. The lowest BCUT2D eigenvalue weighted by atomic mass is 10.00. The standard InChI is InChI=1S/C13H7ClF4O/c14-6-1-2-8(9(16)3-6)13(19)12-10(17)4-7(15)5-11(12)18/h1-5,13,19H. The van der Waals surface area contributed by atoms with Crippen LogP contribution in [0.5, 0.6) is 0 Å². The maximum absolute atomic E-state index is 13.6. The van der Waals surface area contributed by atoms with Crippen LogP contribution >= 0.6 is 11.6 Å². The molecule has 0 amide bonds. The Morgan fingerprint density at radius 3 is 2.00 bits per heavy atom. The van der Waals surface area contributed by atoms with E-state index in [1.807, 2.05) is 0 Å². The largest absolute Gasteiger partial charge is 0.383 e. The lowest BCUT2D eigenvalue weighted by Gasteiger charge is -2.14. The zero-order valence-electron chi connectivity index (χ0n) is 9.30. The molecule has 2 aromatic rings. The number of halogens is 5. The molecule has 0 spiro atoms. The van der Waals surface area contributed by atoms with Gasteiger partial charge in [0.25, 0.3) is 0 Å². The van der Waals surface area contributed by atoms with E-state index in [0.717, 1.165) is 12.1 Å². The Bertz CT molecular complexity index is 607. The molecule has 0 aliphatic carbocycles. The highest BCUT2D eigenvalue weighted by atomic mass is 35.5. The minimum absolute atomic E-state index is 0.0773. The Morgan fingerprint density at radius 1 is 0.895 bits per heavy atom. The van der Waals surface area contributed by atoms with E-state index in [1.165, 1.54) is 6.07 Å². The fourth-order valence-corrected chi connectivity index (χ4v) is 1.85. The van der Waals surface area contributed by atoms with Gasteiger partial charge in [-0.2, -0.15) is 0 Å². The van der Waals surface area contributed by atoms with Crippen molar-refractivity contribution in [1.29, 1.82) is 0 Å². The Hall–Kier alpha value is -1.59. The van der Waals surface area contributed by atoms with Crippen LogP contribution in [0.15, 0.2) is 30.3 Å². The van der Waals surface area contributed by atoms with Crippen LogP contribution in [-0.4, -0.2) is 5.11 Å². The fraction of sp³-hybridized carbons (Fsp3) is 0.0769. The van der Waals surface area contributed by atoms with Gasteiger partial charge in [-0.3, -0.25) is 0 Å². The summed E-state index contributed by atoms with van der Waals surface area (Å²) >= 11 is 5.53. The molecular formula is C13H7ClF4O. The lowest BCUT2D eigenvalue weighted by Crippen LogP contribution is -2.08. The van der Waals surface area contributed by atoms with E-state index in [-0.39, 0.29) is 10.6 Å². The summed E-state index contributed by atoms with van der Waals surface area (Å²) in [5, 5.41) is 9.91. The Morgan fingerprint density at radius 2 is 1.47 bits per heavy atom. The molecule has 19 heavy (non-hydrogen) atoms. The summed E-state index contributed by atoms with van der Waals surface area (Å²) in [5.74, 6) is -4.62. The van der Waals surface area contributed by atoms with Gasteiger partial charge in [-0.05, 0) is 12.1 Å². The zero-order valence-corrected chi connectivity index (χ0v) is 10.1. The number of aliphatic hydroxyl groups is 1. The first-order valence-corrected chi connectivity index (χ1v) is 5.55. The summed E-state index contributed by atoms with van der Waals surface area (Å²) in [6.07, 6.45) is -1.89. The highest BCUT2D eigenvalue weighted by Crippen LogP contribution is 2.30. The summed E-state index contributed by atoms with van der Waals surface area (Å²) in [6.45, 7) is 0. The van der Waals surface area contributed by atoms with Crippen LogP contribution in [0, 0.1) is 23.3 Å². The predicted octanol–water partition coefficient (Wildman–Crippen LogP) is 3.98. The van der Waals surface area contributed by atoms with Gasteiger partial charge in [0.1, 0.15) is 29.4 Å². The van der Waals surface area contributed by atoms with Gasteiger partial charge < -0.3 is 5.11 Å². The molecule has 0 heterocycles. The second kappa shape index (κ2) is 5.19. The van der Waals surface area contributed by atoms with Crippen LogP contribution in [0.4, 0.5) is 17.6 Å². The van der Waals surface area contributed by atoms with Crippen LogP contribution in [0.1, 0.15) is 17.2 Å². The predicted molar refractivity (Wildman–Crippen MR) is 61.8 cm³/mol. The summed E-state index contributed by atoms with van der Waals surface area (Å²) in [6, 6.07) is 4.09. The van der Waals surface area contributed by atoms with Gasteiger partial charge in [0, 0.05) is 22.7 Å². The Balaban J connectivity index is 2.53. The van der Waals surface area contributed by atoms with Crippen LogP contribution in [0.2, 0.25) is 5.02 Å². The number of benzene rings is 2. The molecule has 100 valence electrons. The molecular weight excluding hydrogens is 284 g/mol. The summed E-state index contributed by atoms with van der Waals surface area (Å²) in [4.78, 5) is 0. The molecule has 0 fully saturated rings. The van der Waals surface area contributed by atoms with Crippen molar-refractivity contribution in [3.05, 3.63) is 69.8 Å². The topological polar surface area (TPSA) is 20.2 Å². The average Bonchev–Trinajstić information content (AvgIpc) is 2.26. The van der Waals surface area contributed by atoms with E-state index < -0.39 is 34.9 Å².